The molecule has 0 aromatic carbocycles. The molecule has 0 aliphatic rings. The molecule has 0 saturated heterocycles. The smallest absolute Gasteiger partial charge is 0.234 e. The highest BCUT2D eigenvalue weighted by atomic mass is 16.5. The molecule has 72 valence electrons. The van der Waals surface area contributed by atoms with Gasteiger partial charge in [0.15, 0.2) is 0 Å². The molecule has 12 heavy (non-hydrogen) atoms. The fraction of sp³-hybridized carbons (Fsp3) is 0.875. The van der Waals surface area contributed by atoms with Crippen molar-refractivity contribution in [3.05, 3.63) is 0 Å². The lowest BCUT2D eigenvalue weighted by molar-refractivity contribution is -0.119. The highest BCUT2D eigenvalue weighted by Crippen LogP contribution is 1.93. The van der Waals surface area contributed by atoms with Crippen LogP contribution in [-0.2, 0) is 9.53 Å². The number of carbonyl (C=O) groups excluding carboxylic acids is 1. The van der Waals surface area contributed by atoms with Crippen molar-refractivity contribution in [3.8, 4) is 0 Å². The second-order valence-corrected chi connectivity index (χ2v) is 3.09. The van der Waals surface area contributed by atoms with E-state index in [-0.39, 0.29) is 11.9 Å². The number of hydrogen-bond acceptors (Lipinski definition) is 3. The summed E-state index contributed by atoms with van der Waals surface area (Å²) in [4.78, 5) is 10.6. The van der Waals surface area contributed by atoms with Crippen LogP contribution >= 0.6 is 0 Å². The Morgan fingerprint density at radius 3 is 2.58 bits per heavy atom. The number of methoxy groups -OCH3 is 1. The van der Waals surface area contributed by atoms with Crippen molar-refractivity contribution in [2.24, 2.45) is 11.7 Å². The lowest BCUT2D eigenvalue weighted by Gasteiger charge is -2.14. The van der Waals surface area contributed by atoms with Crippen LogP contribution in [0.2, 0.25) is 0 Å². The molecule has 0 aliphatic heterocycles. The third-order valence-electron chi connectivity index (χ3n) is 1.65. The molecule has 0 heterocycles. The lowest BCUT2D eigenvalue weighted by atomic mass is 10.2. The van der Waals surface area contributed by atoms with E-state index in [1.165, 1.54) is 0 Å². The molecular formula is C8H18N2O2. The normalized spacial score (nSPS) is 15.6. The number of carbonyl (C=O) groups is 1. The van der Waals surface area contributed by atoms with Gasteiger partial charge in [-0.25, -0.2) is 0 Å². The highest BCUT2D eigenvalue weighted by molar-refractivity contribution is 5.79. The van der Waals surface area contributed by atoms with Crippen molar-refractivity contribution in [1.82, 2.24) is 5.32 Å². The van der Waals surface area contributed by atoms with Gasteiger partial charge in [0.2, 0.25) is 5.91 Å². The van der Waals surface area contributed by atoms with Crippen molar-refractivity contribution in [3.63, 3.8) is 0 Å². The molecule has 0 aromatic heterocycles. The zero-order valence-electron chi connectivity index (χ0n) is 7.96. The lowest BCUT2D eigenvalue weighted by Crippen LogP contribution is -2.41. The first kappa shape index (κ1) is 11.4. The van der Waals surface area contributed by atoms with Crippen LogP contribution in [0.5, 0.6) is 0 Å². The third-order valence-corrected chi connectivity index (χ3v) is 1.65. The largest absolute Gasteiger partial charge is 0.384 e. The van der Waals surface area contributed by atoms with E-state index in [1.807, 2.05) is 6.92 Å². The van der Waals surface area contributed by atoms with Crippen molar-refractivity contribution >= 4 is 5.91 Å². The van der Waals surface area contributed by atoms with Crippen LogP contribution in [0.4, 0.5) is 0 Å². The van der Waals surface area contributed by atoms with Gasteiger partial charge in [-0.05, 0) is 12.8 Å². The van der Waals surface area contributed by atoms with E-state index in [0.717, 1.165) is 6.54 Å². The van der Waals surface area contributed by atoms with Gasteiger partial charge in [-0.2, -0.15) is 0 Å². The SMILES string of the molecule is COCC(C)CNC(C)C(N)=O. The third kappa shape index (κ3) is 5.09. The van der Waals surface area contributed by atoms with Gasteiger partial charge in [0.05, 0.1) is 6.04 Å². The second-order valence-electron chi connectivity index (χ2n) is 3.09. The summed E-state index contributed by atoms with van der Waals surface area (Å²) in [5, 5.41) is 3.01. The number of amides is 1. The van der Waals surface area contributed by atoms with E-state index < -0.39 is 0 Å². The summed E-state index contributed by atoms with van der Waals surface area (Å²) >= 11 is 0. The van der Waals surface area contributed by atoms with Gasteiger partial charge in [0, 0.05) is 20.3 Å². The molecule has 1 amide bonds. The van der Waals surface area contributed by atoms with Gasteiger partial charge in [-0.3, -0.25) is 4.79 Å². The summed E-state index contributed by atoms with van der Waals surface area (Å²) < 4.78 is 4.94. The minimum absolute atomic E-state index is 0.260. The minimum atomic E-state index is -0.320. The summed E-state index contributed by atoms with van der Waals surface area (Å²) in [7, 11) is 1.66. The first-order valence-electron chi connectivity index (χ1n) is 4.09. The van der Waals surface area contributed by atoms with Gasteiger partial charge in [-0.1, -0.05) is 6.92 Å². The van der Waals surface area contributed by atoms with E-state index in [4.69, 9.17) is 10.5 Å². The molecule has 3 N–H and O–H groups in total. The Morgan fingerprint density at radius 2 is 2.17 bits per heavy atom. The van der Waals surface area contributed by atoms with E-state index in [9.17, 15) is 4.79 Å². The molecular weight excluding hydrogens is 156 g/mol. The zero-order valence-corrected chi connectivity index (χ0v) is 7.96. The van der Waals surface area contributed by atoms with Gasteiger partial charge in [-0.15, -0.1) is 0 Å². The molecule has 0 saturated carbocycles. The van der Waals surface area contributed by atoms with E-state index in [2.05, 4.69) is 5.32 Å². The maximum absolute atomic E-state index is 10.6. The molecule has 4 heteroatoms. The Bertz CT molecular complexity index is 139. The molecule has 0 aliphatic carbocycles. The highest BCUT2D eigenvalue weighted by Gasteiger charge is 2.08. The first-order chi connectivity index (χ1) is 5.57. The van der Waals surface area contributed by atoms with Crippen LogP contribution in [0, 0.1) is 5.92 Å². The summed E-state index contributed by atoms with van der Waals surface area (Å²) in [6.07, 6.45) is 0. The number of ether oxygens (including phenoxy) is 1. The summed E-state index contributed by atoms with van der Waals surface area (Å²) in [6, 6.07) is -0.260. The van der Waals surface area contributed by atoms with Gasteiger partial charge < -0.3 is 15.8 Å². The van der Waals surface area contributed by atoms with Crippen LogP contribution in [0.15, 0.2) is 0 Å². The Hall–Kier alpha value is -0.610. The summed E-state index contributed by atoms with van der Waals surface area (Å²) in [5.41, 5.74) is 5.06. The maximum atomic E-state index is 10.6. The molecule has 4 nitrogen and oxygen atoms in total. The first-order valence-corrected chi connectivity index (χ1v) is 4.09. The monoisotopic (exact) mass is 174 g/mol. The second kappa shape index (κ2) is 5.97. The number of hydrogen-bond donors (Lipinski definition) is 2. The van der Waals surface area contributed by atoms with Gasteiger partial charge in [0.1, 0.15) is 0 Å². The van der Waals surface area contributed by atoms with E-state index in [1.54, 1.807) is 14.0 Å². The van der Waals surface area contributed by atoms with Crippen molar-refractivity contribution in [2.75, 3.05) is 20.3 Å². The fourth-order valence-electron chi connectivity index (χ4n) is 0.822. The van der Waals surface area contributed by atoms with Crippen LogP contribution < -0.4 is 11.1 Å². The Balaban J connectivity index is 3.46. The molecule has 0 aromatic rings. The predicted molar refractivity (Wildman–Crippen MR) is 47.7 cm³/mol. The van der Waals surface area contributed by atoms with Crippen molar-refractivity contribution in [2.45, 2.75) is 19.9 Å². The quantitative estimate of drug-likeness (QED) is 0.582. The standard InChI is InChI=1S/C8H18N2O2/c1-6(5-12-3)4-10-7(2)8(9)11/h6-7,10H,4-5H2,1-3H3,(H2,9,11). The Kier molecular flexibility index (Phi) is 5.66. The van der Waals surface area contributed by atoms with Crippen LogP contribution in [0.25, 0.3) is 0 Å². The average molecular weight is 174 g/mol. The number of nitrogens with one attached hydrogen (secondary N) is 1. The van der Waals surface area contributed by atoms with Crippen LogP contribution in [0.1, 0.15) is 13.8 Å². The molecule has 0 rings (SSSR count). The number of rotatable bonds is 6. The maximum Gasteiger partial charge on any atom is 0.234 e. The molecule has 2 unspecified atom stereocenters. The van der Waals surface area contributed by atoms with E-state index >= 15 is 0 Å². The topological polar surface area (TPSA) is 64.3 Å². The van der Waals surface area contributed by atoms with Gasteiger partial charge in [0.25, 0.3) is 0 Å². The molecule has 2 atom stereocenters. The number of primary amides is 1. The van der Waals surface area contributed by atoms with Crippen LogP contribution in [0.3, 0.4) is 0 Å². The summed E-state index contributed by atoms with van der Waals surface area (Å²) in [5.74, 6) is 0.0800. The molecule has 0 bridgehead atoms. The number of nitrogens with two attached hydrogens (primary N) is 1. The summed E-state index contributed by atoms with van der Waals surface area (Å²) in [6.45, 7) is 5.24. The van der Waals surface area contributed by atoms with Crippen LogP contribution in [-0.4, -0.2) is 32.2 Å². The van der Waals surface area contributed by atoms with E-state index in [0.29, 0.717) is 12.5 Å². The fourth-order valence-corrected chi connectivity index (χ4v) is 0.822. The Morgan fingerprint density at radius 1 is 1.58 bits per heavy atom. The van der Waals surface area contributed by atoms with Gasteiger partial charge >= 0.3 is 0 Å². The van der Waals surface area contributed by atoms with Crippen molar-refractivity contribution < 1.29 is 9.53 Å². The molecule has 0 fully saturated rings. The Labute approximate surface area is 73.5 Å². The minimum Gasteiger partial charge on any atom is -0.384 e. The zero-order chi connectivity index (χ0) is 9.56. The molecule has 0 spiro atoms. The molecule has 0 radical (unpaired) electrons. The van der Waals surface area contributed by atoms with Crippen molar-refractivity contribution in [1.29, 1.82) is 0 Å². The average Bonchev–Trinajstić information content (AvgIpc) is 2.00. The predicted octanol–water partition coefficient (Wildman–Crippen LogP) is -0.268.